The molecular weight excluding hydrogens is 338 g/mol. The molecule has 3 aromatic rings. The highest BCUT2D eigenvalue weighted by Gasteiger charge is 2.20. The molecule has 6 heteroatoms. The molecule has 3 rings (SSSR count). The maximum absolute atomic E-state index is 9.42. The third kappa shape index (κ3) is 4.33. The Bertz CT molecular complexity index is 882. The van der Waals surface area contributed by atoms with E-state index in [-0.39, 0.29) is 11.7 Å². The highest BCUT2D eigenvalue weighted by atomic mass is 16.4. The van der Waals surface area contributed by atoms with E-state index in [1.54, 1.807) is 12.4 Å². The molecule has 138 valence electrons. The Kier molecular flexibility index (Phi) is 6.18. The number of rotatable bonds is 8. The fourth-order valence-electron chi connectivity index (χ4n) is 3.12. The van der Waals surface area contributed by atoms with Crippen LogP contribution in [0.25, 0.3) is 11.5 Å². The number of aromatic nitrogens is 2. The van der Waals surface area contributed by atoms with Crippen LogP contribution in [-0.2, 0) is 0 Å². The average molecular weight is 361 g/mol. The first kappa shape index (κ1) is 18.6. The predicted molar refractivity (Wildman–Crippen MR) is 105 cm³/mol. The Hall–Kier alpha value is -3.17. The number of likely N-dealkylation sites (N-methyl/N-ethyl adjacent to an activating group) is 1. The molecule has 0 bridgehead atoms. The van der Waals surface area contributed by atoms with Crippen LogP contribution >= 0.6 is 0 Å². The largest absolute Gasteiger partial charge is 0.419 e. The fraction of sp³-hybridized carbons (Fsp3) is 0.286. The Morgan fingerprint density at radius 2 is 1.93 bits per heavy atom. The van der Waals surface area contributed by atoms with E-state index in [9.17, 15) is 5.26 Å². The van der Waals surface area contributed by atoms with Gasteiger partial charge in [0, 0.05) is 18.9 Å². The second kappa shape index (κ2) is 8.97. The minimum absolute atomic E-state index is 0.166. The van der Waals surface area contributed by atoms with Crippen molar-refractivity contribution in [2.45, 2.75) is 19.9 Å². The number of benzene rings is 1. The predicted octanol–water partition coefficient (Wildman–Crippen LogP) is 4.10. The lowest BCUT2D eigenvalue weighted by atomic mass is 10.1. The molecular formula is C21H23N5O. The Morgan fingerprint density at radius 1 is 1.15 bits per heavy atom. The van der Waals surface area contributed by atoms with Gasteiger partial charge in [-0.15, -0.1) is 0 Å². The van der Waals surface area contributed by atoms with Crippen molar-refractivity contribution >= 4 is 5.88 Å². The zero-order valence-corrected chi connectivity index (χ0v) is 15.6. The van der Waals surface area contributed by atoms with Gasteiger partial charge >= 0.3 is 0 Å². The molecule has 1 N–H and O–H groups in total. The maximum atomic E-state index is 9.42. The zero-order chi connectivity index (χ0) is 19.1. The van der Waals surface area contributed by atoms with Gasteiger partial charge in [0.25, 0.3) is 0 Å². The first-order valence-corrected chi connectivity index (χ1v) is 9.11. The van der Waals surface area contributed by atoms with Crippen molar-refractivity contribution in [1.29, 1.82) is 5.26 Å². The zero-order valence-electron chi connectivity index (χ0n) is 15.6. The summed E-state index contributed by atoms with van der Waals surface area (Å²) >= 11 is 0. The van der Waals surface area contributed by atoms with E-state index in [0.717, 1.165) is 18.7 Å². The van der Waals surface area contributed by atoms with E-state index in [1.807, 2.05) is 30.3 Å². The Morgan fingerprint density at radius 3 is 2.56 bits per heavy atom. The van der Waals surface area contributed by atoms with E-state index in [4.69, 9.17) is 4.42 Å². The lowest BCUT2D eigenvalue weighted by Crippen LogP contribution is -2.33. The monoisotopic (exact) mass is 361 g/mol. The number of hydrogen-bond acceptors (Lipinski definition) is 6. The molecule has 0 unspecified atom stereocenters. The van der Waals surface area contributed by atoms with E-state index >= 15 is 0 Å². The molecule has 0 spiro atoms. The number of nitrogens with zero attached hydrogens (tertiary/aromatic N) is 4. The summed E-state index contributed by atoms with van der Waals surface area (Å²) in [6.45, 7) is 6.77. The number of nitrogens with one attached hydrogen (secondary N) is 1. The molecule has 0 aliphatic rings. The normalized spacial score (nSPS) is 11.9. The lowest BCUT2D eigenvalue weighted by Gasteiger charge is -2.30. The highest BCUT2D eigenvalue weighted by molar-refractivity contribution is 5.57. The van der Waals surface area contributed by atoms with Crippen LogP contribution in [0.5, 0.6) is 0 Å². The van der Waals surface area contributed by atoms with Crippen LogP contribution in [0, 0.1) is 11.3 Å². The third-order valence-electron chi connectivity index (χ3n) is 4.54. The van der Waals surface area contributed by atoms with Gasteiger partial charge < -0.3 is 9.73 Å². The quantitative estimate of drug-likeness (QED) is 0.651. The average Bonchev–Trinajstić information content (AvgIpc) is 3.15. The minimum atomic E-state index is 0.166. The molecule has 27 heavy (non-hydrogen) atoms. The third-order valence-corrected chi connectivity index (χ3v) is 4.54. The summed E-state index contributed by atoms with van der Waals surface area (Å²) < 4.78 is 5.82. The smallest absolute Gasteiger partial charge is 0.232 e. The van der Waals surface area contributed by atoms with Crippen molar-refractivity contribution in [2.24, 2.45) is 0 Å². The molecule has 0 fully saturated rings. The number of anilines is 1. The summed E-state index contributed by atoms with van der Waals surface area (Å²) in [6, 6.07) is 16.3. The topological polar surface area (TPSA) is 78.0 Å². The van der Waals surface area contributed by atoms with Gasteiger partial charge in [0.15, 0.2) is 0 Å². The van der Waals surface area contributed by atoms with E-state index in [2.05, 4.69) is 52.2 Å². The number of nitriles is 1. The summed E-state index contributed by atoms with van der Waals surface area (Å²) in [6.07, 6.45) is 3.35. The van der Waals surface area contributed by atoms with Crippen molar-refractivity contribution in [2.75, 3.05) is 25.0 Å². The van der Waals surface area contributed by atoms with Crippen LogP contribution in [-0.4, -0.2) is 34.5 Å². The van der Waals surface area contributed by atoms with Crippen LogP contribution in [0.2, 0.25) is 0 Å². The SMILES string of the molecule is CCN(CC)[C@H](CNc1oc(-c2cccnc2)nc1C#N)c1ccccc1. The van der Waals surface area contributed by atoms with Crippen LogP contribution in [0.3, 0.4) is 0 Å². The van der Waals surface area contributed by atoms with Gasteiger partial charge in [-0.3, -0.25) is 9.88 Å². The van der Waals surface area contributed by atoms with E-state index in [1.165, 1.54) is 5.56 Å². The summed E-state index contributed by atoms with van der Waals surface area (Å²) in [4.78, 5) is 10.7. The fourth-order valence-corrected chi connectivity index (χ4v) is 3.12. The molecule has 2 heterocycles. The molecule has 0 aliphatic heterocycles. The number of hydrogen-bond donors (Lipinski definition) is 1. The standard InChI is InChI=1S/C21H23N5O/c1-3-26(4-2)19(16-9-6-5-7-10-16)15-24-21-18(13-22)25-20(27-21)17-11-8-12-23-14-17/h5-12,14,19,24H,3-4,15H2,1-2H3/t19-/m1/s1. The van der Waals surface area contributed by atoms with Gasteiger partial charge in [-0.1, -0.05) is 44.2 Å². The van der Waals surface area contributed by atoms with Gasteiger partial charge in [-0.05, 0) is 30.8 Å². The van der Waals surface area contributed by atoms with E-state index < -0.39 is 0 Å². The second-order valence-electron chi connectivity index (χ2n) is 6.08. The number of oxazole rings is 1. The van der Waals surface area contributed by atoms with Crippen molar-refractivity contribution in [3.05, 3.63) is 66.1 Å². The van der Waals surface area contributed by atoms with E-state index in [0.29, 0.717) is 18.3 Å². The lowest BCUT2D eigenvalue weighted by molar-refractivity contribution is 0.227. The van der Waals surface area contributed by atoms with Crippen molar-refractivity contribution in [3.8, 4) is 17.5 Å². The van der Waals surface area contributed by atoms with Crippen LogP contribution < -0.4 is 5.32 Å². The summed E-state index contributed by atoms with van der Waals surface area (Å²) in [5, 5.41) is 12.7. The minimum Gasteiger partial charge on any atom is -0.419 e. The molecule has 2 aromatic heterocycles. The van der Waals surface area contributed by atoms with Crippen LogP contribution in [0.1, 0.15) is 31.1 Å². The molecule has 0 aliphatic carbocycles. The molecule has 0 radical (unpaired) electrons. The van der Waals surface area contributed by atoms with Crippen molar-refractivity contribution in [3.63, 3.8) is 0 Å². The first-order valence-electron chi connectivity index (χ1n) is 9.11. The molecule has 1 atom stereocenters. The molecule has 0 amide bonds. The summed E-state index contributed by atoms with van der Waals surface area (Å²) in [7, 11) is 0. The Labute approximate surface area is 159 Å². The number of pyridine rings is 1. The van der Waals surface area contributed by atoms with Crippen molar-refractivity contribution in [1.82, 2.24) is 14.9 Å². The molecule has 1 aromatic carbocycles. The van der Waals surface area contributed by atoms with Crippen molar-refractivity contribution < 1.29 is 4.42 Å². The van der Waals surface area contributed by atoms with Gasteiger partial charge in [-0.2, -0.15) is 10.2 Å². The molecule has 0 saturated carbocycles. The second-order valence-corrected chi connectivity index (χ2v) is 6.08. The maximum Gasteiger partial charge on any atom is 0.232 e. The van der Waals surface area contributed by atoms with Gasteiger partial charge in [-0.25, -0.2) is 0 Å². The summed E-state index contributed by atoms with van der Waals surface area (Å²) in [5.74, 6) is 0.783. The van der Waals surface area contributed by atoms with Gasteiger partial charge in [0.05, 0.1) is 11.6 Å². The van der Waals surface area contributed by atoms with Gasteiger partial charge in [0.2, 0.25) is 17.5 Å². The molecule has 6 nitrogen and oxygen atoms in total. The van der Waals surface area contributed by atoms with Gasteiger partial charge in [0.1, 0.15) is 6.07 Å². The summed E-state index contributed by atoms with van der Waals surface area (Å²) in [5.41, 5.74) is 2.21. The van der Waals surface area contributed by atoms with Crippen LogP contribution in [0.15, 0.2) is 59.3 Å². The first-order chi connectivity index (χ1) is 13.3. The van der Waals surface area contributed by atoms with Crippen LogP contribution in [0.4, 0.5) is 5.88 Å². The highest BCUT2D eigenvalue weighted by Crippen LogP contribution is 2.27. The Balaban J connectivity index is 1.83. The molecule has 0 saturated heterocycles.